The van der Waals surface area contributed by atoms with E-state index in [2.05, 4.69) is 47.7 Å². The van der Waals surface area contributed by atoms with E-state index in [0.29, 0.717) is 6.54 Å². The summed E-state index contributed by atoms with van der Waals surface area (Å²) in [4.78, 5) is 0. The summed E-state index contributed by atoms with van der Waals surface area (Å²) in [5, 5.41) is 17.1. The number of aliphatic hydroxyl groups is 1. The smallest absolute Gasteiger partial charge is 0.0644 e. The Kier molecular flexibility index (Phi) is 4.60. The van der Waals surface area contributed by atoms with Crippen LogP contribution in [0.15, 0.2) is 30.3 Å². The summed E-state index contributed by atoms with van der Waals surface area (Å²) in [6.45, 7) is 6.75. The molecule has 22 heavy (non-hydrogen) atoms. The number of aryl methyl sites for hydroxylation is 1. The molecule has 2 N–H and O–H groups in total. The maximum Gasteiger partial charge on any atom is 0.0644 e. The molecule has 0 amide bonds. The van der Waals surface area contributed by atoms with Crippen LogP contribution in [0.25, 0.3) is 0 Å². The first-order valence-electron chi connectivity index (χ1n) is 8.10. The van der Waals surface area contributed by atoms with Crippen LogP contribution in [0, 0.1) is 19.8 Å². The molecule has 4 heteroatoms. The van der Waals surface area contributed by atoms with Crippen LogP contribution >= 0.6 is 0 Å². The minimum atomic E-state index is 0.135. The normalized spacial score (nSPS) is 20.3. The van der Waals surface area contributed by atoms with Crippen molar-refractivity contribution in [1.29, 1.82) is 0 Å². The van der Waals surface area contributed by atoms with Crippen LogP contribution in [0.5, 0.6) is 0 Å². The van der Waals surface area contributed by atoms with Gasteiger partial charge in [-0.05, 0) is 44.2 Å². The molecule has 1 aliphatic rings. The molecule has 1 saturated carbocycles. The molecule has 1 heterocycles. The Morgan fingerprint density at radius 3 is 2.77 bits per heavy atom. The van der Waals surface area contributed by atoms with Gasteiger partial charge in [-0.2, -0.15) is 5.10 Å². The van der Waals surface area contributed by atoms with Gasteiger partial charge in [0.2, 0.25) is 0 Å². The average molecular weight is 299 g/mol. The molecule has 2 unspecified atom stereocenters. The first-order chi connectivity index (χ1) is 10.7. The van der Waals surface area contributed by atoms with Gasteiger partial charge in [0, 0.05) is 17.8 Å². The summed E-state index contributed by atoms with van der Waals surface area (Å²) in [6, 6.07) is 10.8. The lowest BCUT2D eigenvalue weighted by atomic mass is 10.1. The van der Waals surface area contributed by atoms with E-state index in [4.69, 9.17) is 5.11 Å². The summed E-state index contributed by atoms with van der Waals surface area (Å²) in [5.74, 6) is 1.49. The molecule has 0 saturated heterocycles. The Bertz CT molecular complexity index is 621. The van der Waals surface area contributed by atoms with Crippen LogP contribution in [0.4, 0.5) is 0 Å². The van der Waals surface area contributed by atoms with Crippen LogP contribution < -0.4 is 5.32 Å². The number of benzene rings is 1. The van der Waals surface area contributed by atoms with Gasteiger partial charge in [-0.15, -0.1) is 0 Å². The van der Waals surface area contributed by atoms with Crippen molar-refractivity contribution in [2.24, 2.45) is 5.92 Å². The minimum Gasteiger partial charge on any atom is -0.394 e. The fourth-order valence-electron chi connectivity index (χ4n) is 3.27. The average Bonchev–Trinajstić information content (AvgIpc) is 3.25. The molecule has 4 nitrogen and oxygen atoms in total. The zero-order valence-electron chi connectivity index (χ0n) is 13.4. The van der Waals surface area contributed by atoms with Crippen molar-refractivity contribution in [3.8, 4) is 0 Å². The zero-order valence-corrected chi connectivity index (χ0v) is 13.4. The Labute approximate surface area is 132 Å². The third-order valence-electron chi connectivity index (χ3n) is 4.70. The molecule has 2 atom stereocenters. The molecule has 1 aromatic carbocycles. The monoisotopic (exact) mass is 299 g/mol. The molecule has 1 fully saturated rings. The molecule has 1 aliphatic carbocycles. The van der Waals surface area contributed by atoms with Crippen LogP contribution in [-0.2, 0) is 13.1 Å². The second-order valence-corrected chi connectivity index (χ2v) is 6.24. The Morgan fingerprint density at radius 1 is 1.27 bits per heavy atom. The van der Waals surface area contributed by atoms with E-state index in [1.54, 1.807) is 0 Å². The molecule has 118 valence electrons. The summed E-state index contributed by atoms with van der Waals surface area (Å²) in [7, 11) is 0. The largest absolute Gasteiger partial charge is 0.394 e. The van der Waals surface area contributed by atoms with Gasteiger partial charge in [-0.1, -0.05) is 30.3 Å². The van der Waals surface area contributed by atoms with Crippen molar-refractivity contribution >= 4 is 0 Å². The van der Waals surface area contributed by atoms with Gasteiger partial charge in [-0.3, -0.25) is 4.68 Å². The van der Waals surface area contributed by atoms with Crippen LogP contribution in [0.2, 0.25) is 0 Å². The SMILES string of the molecule is Cc1nn(CCO)c(C)c1CNCC1CC1c1ccccc1. The van der Waals surface area contributed by atoms with E-state index in [9.17, 15) is 0 Å². The van der Waals surface area contributed by atoms with Gasteiger partial charge >= 0.3 is 0 Å². The van der Waals surface area contributed by atoms with Crippen LogP contribution in [0.3, 0.4) is 0 Å². The Hall–Kier alpha value is -1.65. The predicted octanol–water partition coefficient (Wildman–Crippen LogP) is 2.39. The zero-order chi connectivity index (χ0) is 15.5. The highest BCUT2D eigenvalue weighted by atomic mass is 16.3. The summed E-state index contributed by atoms with van der Waals surface area (Å²) in [6.07, 6.45) is 1.29. The van der Waals surface area contributed by atoms with E-state index in [1.807, 2.05) is 11.6 Å². The first-order valence-corrected chi connectivity index (χ1v) is 8.10. The first kappa shape index (κ1) is 15.3. The molecule has 0 bridgehead atoms. The second-order valence-electron chi connectivity index (χ2n) is 6.24. The van der Waals surface area contributed by atoms with E-state index < -0.39 is 0 Å². The number of nitrogens with one attached hydrogen (secondary N) is 1. The van der Waals surface area contributed by atoms with Gasteiger partial charge in [0.05, 0.1) is 18.8 Å². The molecule has 3 rings (SSSR count). The third kappa shape index (κ3) is 3.23. The van der Waals surface area contributed by atoms with Crippen molar-refractivity contribution in [3.05, 3.63) is 52.8 Å². The van der Waals surface area contributed by atoms with Gasteiger partial charge in [0.1, 0.15) is 0 Å². The lowest BCUT2D eigenvalue weighted by Gasteiger charge is -2.06. The number of rotatable bonds is 7. The number of aromatic nitrogens is 2. The van der Waals surface area contributed by atoms with Crippen molar-refractivity contribution in [3.63, 3.8) is 0 Å². The van der Waals surface area contributed by atoms with Gasteiger partial charge in [0.25, 0.3) is 0 Å². The second kappa shape index (κ2) is 6.63. The maximum absolute atomic E-state index is 9.06. The fourth-order valence-corrected chi connectivity index (χ4v) is 3.27. The topological polar surface area (TPSA) is 50.1 Å². The van der Waals surface area contributed by atoms with E-state index in [1.165, 1.54) is 17.5 Å². The van der Waals surface area contributed by atoms with Gasteiger partial charge in [0.15, 0.2) is 0 Å². The molecule has 1 aromatic heterocycles. The highest BCUT2D eigenvalue weighted by Gasteiger charge is 2.37. The molecular weight excluding hydrogens is 274 g/mol. The van der Waals surface area contributed by atoms with Crippen LogP contribution in [-0.4, -0.2) is 28.0 Å². The standard InChI is InChI=1S/C18H25N3O/c1-13-18(14(2)21(20-13)8-9-22)12-19-11-16-10-17(16)15-6-4-3-5-7-15/h3-7,16-17,19,22H,8-12H2,1-2H3. The lowest BCUT2D eigenvalue weighted by molar-refractivity contribution is 0.267. The number of hydrogen-bond acceptors (Lipinski definition) is 3. The van der Waals surface area contributed by atoms with E-state index in [-0.39, 0.29) is 6.61 Å². The van der Waals surface area contributed by atoms with Crippen molar-refractivity contribution < 1.29 is 5.11 Å². The fraction of sp³-hybridized carbons (Fsp3) is 0.500. The molecular formula is C18H25N3O. The number of nitrogens with zero attached hydrogens (tertiary/aromatic N) is 2. The summed E-state index contributed by atoms with van der Waals surface area (Å²) in [5.41, 5.74) is 4.96. The molecule has 0 spiro atoms. The van der Waals surface area contributed by atoms with Crippen molar-refractivity contribution in [1.82, 2.24) is 15.1 Å². The quantitative estimate of drug-likeness (QED) is 0.825. The van der Waals surface area contributed by atoms with Crippen LogP contribution in [0.1, 0.15) is 34.9 Å². The number of hydrogen-bond donors (Lipinski definition) is 2. The summed E-state index contributed by atoms with van der Waals surface area (Å²) < 4.78 is 1.90. The van der Waals surface area contributed by atoms with Gasteiger partial charge < -0.3 is 10.4 Å². The highest BCUT2D eigenvalue weighted by Crippen LogP contribution is 2.46. The van der Waals surface area contributed by atoms with E-state index in [0.717, 1.165) is 36.3 Å². The minimum absolute atomic E-state index is 0.135. The highest BCUT2D eigenvalue weighted by molar-refractivity contribution is 5.26. The van der Waals surface area contributed by atoms with Crippen molar-refractivity contribution in [2.75, 3.05) is 13.2 Å². The van der Waals surface area contributed by atoms with E-state index >= 15 is 0 Å². The molecule has 2 aromatic rings. The molecule has 0 radical (unpaired) electrons. The predicted molar refractivity (Wildman–Crippen MR) is 87.8 cm³/mol. The Morgan fingerprint density at radius 2 is 2.05 bits per heavy atom. The lowest BCUT2D eigenvalue weighted by Crippen LogP contribution is -2.18. The Balaban J connectivity index is 1.50. The molecule has 0 aliphatic heterocycles. The third-order valence-corrected chi connectivity index (χ3v) is 4.70. The maximum atomic E-state index is 9.06. The van der Waals surface area contributed by atoms with Crippen molar-refractivity contribution in [2.45, 2.75) is 39.3 Å². The summed E-state index contributed by atoms with van der Waals surface area (Å²) >= 11 is 0. The number of aliphatic hydroxyl groups excluding tert-OH is 1. The van der Waals surface area contributed by atoms with Gasteiger partial charge in [-0.25, -0.2) is 0 Å².